The zero-order valence-electron chi connectivity index (χ0n) is 27.0. The molecule has 6 aromatic carbocycles. The monoisotopic (exact) mass is 625 g/mol. The van der Waals surface area contributed by atoms with E-state index < -0.39 is 10.8 Å². The predicted octanol–water partition coefficient (Wildman–Crippen LogP) is 9.02. The molecule has 0 spiro atoms. The summed E-state index contributed by atoms with van der Waals surface area (Å²) in [5.41, 5.74) is 0.681. The number of aromatic nitrogens is 4. The predicted molar refractivity (Wildman–Crippen MR) is 192 cm³/mol. The summed E-state index contributed by atoms with van der Waals surface area (Å²) in [6.45, 7) is 7.23. The van der Waals surface area contributed by atoms with Gasteiger partial charge in [0.2, 0.25) is 23.7 Å². The van der Waals surface area contributed by atoms with Crippen molar-refractivity contribution in [2.75, 3.05) is 4.90 Å². The van der Waals surface area contributed by atoms with E-state index in [9.17, 15) is 9.59 Å². The van der Waals surface area contributed by atoms with E-state index in [-0.39, 0.29) is 17.8 Å². The molecule has 0 atom stereocenters. The molecule has 1 fully saturated rings. The van der Waals surface area contributed by atoms with Gasteiger partial charge in [-0.3, -0.25) is 14.2 Å². The number of anilines is 1. The van der Waals surface area contributed by atoms with Gasteiger partial charge < -0.3 is 0 Å². The van der Waals surface area contributed by atoms with Crippen molar-refractivity contribution in [2.45, 2.75) is 27.7 Å². The van der Waals surface area contributed by atoms with Gasteiger partial charge in [-0.15, -0.1) is 0 Å². The second-order valence-corrected chi connectivity index (χ2v) is 13.7. The molecule has 2 amide bonds. The lowest BCUT2D eigenvalue weighted by Gasteiger charge is -2.28. The molecule has 7 heteroatoms. The number of nitrogens with zero attached hydrogens (tertiary/aromatic N) is 5. The molecule has 232 valence electrons. The molecule has 0 aliphatic carbocycles. The molecule has 8 aromatic rings. The van der Waals surface area contributed by atoms with Crippen LogP contribution in [-0.4, -0.2) is 31.3 Å². The third-order valence-electron chi connectivity index (χ3n) is 10.6. The lowest BCUT2D eigenvalue weighted by atomic mass is 9.70. The number of hydrogen-bond donors (Lipinski definition) is 0. The quantitative estimate of drug-likeness (QED) is 0.145. The minimum atomic E-state index is -0.952. The van der Waals surface area contributed by atoms with E-state index in [0.717, 1.165) is 59.2 Å². The summed E-state index contributed by atoms with van der Waals surface area (Å²) < 4.78 is 1.99. The van der Waals surface area contributed by atoms with E-state index in [0.29, 0.717) is 11.8 Å². The van der Waals surface area contributed by atoms with Crippen LogP contribution in [0.5, 0.6) is 0 Å². The van der Waals surface area contributed by atoms with Crippen molar-refractivity contribution in [1.29, 1.82) is 0 Å². The first-order valence-corrected chi connectivity index (χ1v) is 16.1. The van der Waals surface area contributed by atoms with E-state index in [1.807, 2.05) is 74.7 Å². The summed E-state index contributed by atoms with van der Waals surface area (Å²) in [6.07, 6.45) is 0. The highest BCUT2D eigenvalue weighted by atomic mass is 16.2. The van der Waals surface area contributed by atoms with E-state index in [2.05, 4.69) is 72.8 Å². The SMILES string of the molecule is CC1(C)C(=O)N(c2nc(-c3ccc4c5ccccc5c5ccccc5c4c3)nc(-n3c4ccccc4c4ccccc43)n2)C(=O)C1(C)C. The number of amides is 2. The average molecular weight is 626 g/mol. The van der Waals surface area contributed by atoms with Crippen LogP contribution in [-0.2, 0) is 9.59 Å². The third-order valence-corrected chi connectivity index (χ3v) is 10.6. The van der Waals surface area contributed by atoms with Gasteiger partial charge in [-0.1, -0.05) is 97.1 Å². The number of fused-ring (bicyclic) bond motifs is 9. The van der Waals surface area contributed by atoms with Gasteiger partial charge in [0, 0.05) is 16.3 Å². The molecule has 1 saturated heterocycles. The maximum absolute atomic E-state index is 14.0. The Morgan fingerprint density at radius 1 is 0.458 bits per heavy atom. The topological polar surface area (TPSA) is 81.0 Å². The van der Waals surface area contributed by atoms with Gasteiger partial charge in [0.1, 0.15) is 0 Å². The zero-order valence-corrected chi connectivity index (χ0v) is 27.0. The van der Waals surface area contributed by atoms with Gasteiger partial charge >= 0.3 is 0 Å². The summed E-state index contributed by atoms with van der Waals surface area (Å²) in [5.74, 6) is 0.0599. The molecule has 1 aliphatic heterocycles. The largest absolute Gasteiger partial charge is 0.278 e. The average Bonchev–Trinajstić information content (AvgIpc) is 3.51. The van der Waals surface area contributed by atoms with Crippen LogP contribution < -0.4 is 4.90 Å². The Bertz CT molecular complexity index is 2570. The Morgan fingerprint density at radius 2 is 0.875 bits per heavy atom. The first-order chi connectivity index (χ1) is 23.2. The Labute approximate surface area is 276 Å². The third kappa shape index (κ3) is 3.72. The summed E-state index contributed by atoms with van der Waals surface area (Å²) in [5, 5.41) is 8.94. The van der Waals surface area contributed by atoms with Crippen molar-refractivity contribution in [3.63, 3.8) is 0 Å². The second-order valence-electron chi connectivity index (χ2n) is 13.7. The molecule has 0 unspecified atom stereocenters. The van der Waals surface area contributed by atoms with Crippen LogP contribution in [0.15, 0.2) is 115 Å². The van der Waals surface area contributed by atoms with Crippen LogP contribution in [0, 0.1) is 10.8 Å². The number of carbonyl (C=O) groups is 2. The standard InChI is InChI=1S/C41H31N5O2/c1-40(2)36(47)46(37(48)41(40,3)4)39-43-35(42-38(44-39)45-33-19-11-9-17-30(33)31-18-10-12-20-34(31)45)24-21-22-29-27-15-6-5-13-25(27)26-14-7-8-16-28(26)32(29)23-24/h5-23H,1-4H3. The first kappa shape index (κ1) is 28.3. The fourth-order valence-electron chi connectivity index (χ4n) is 7.24. The molecular formula is C41H31N5O2. The van der Waals surface area contributed by atoms with E-state index in [4.69, 9.17) is 15.0 Å². The fraction of sp³-hybridized carbons (Fsp3) is 0.146. The molecule has 7 nitrogen and oxygen atoms in total. The van der Waals surface area contributed by atoms with Crippen molar-refractivity contribution in [3.8, 4) is 17.3 Å². The van der Waals surface area contributed by atoms with Gasteiger partial charge in [-0.2, -0.15) is 15.0 Å². The number of benzene rings is 6. The Balaban J connectivity index is 1.35. The van der Waals surface area contributed by atoms with Crippen molar-refractivity contribution in [1.82, 2.24) is 19.5 Å². The minimum absolute atomic E-state index is 0.0222. The smallest absolute Gasteiger partial charge is 0.244 e. The van der Waals surface area contributed by atoms with Crippen LogP contribution in [0.2, 0.25) is 0 Å². The first-order valence-electron chi connectivity index (χ1n) is 16.1. The van der Waals surface area contributed by atoms with Gasteiger partial charge in [-0.05, 0) is 78.2 Å². The summed E-state index contributed by atoms with van der Waals surface area (Å²) in [6, 6.07) is 39.3. The molecule has 2 aromatic heterocycles. The summed E-state index contributed by atoms with van der Waals surface area (Å²) >= 11 is 0. The van der Waals surface area contributed by atoms with Crippen molar-refractivity contribution < 1.29 is 9.59 Å². The Hall–Kier alpha value is -5.95. The molecular weight excluding hydrogens is 594 g/mol. The maximum Gasteiger partial charge on any atom is 0.244 e. The number of rotatable bonds is 3. The van der Waals surface area contributed by atoms with Crippen LogP contribution in [0.3, 0.4) is 0 Å². The molecule has 9 rings (SSSR count). The van der Waals surface area contributed by atoms with Crippen LogP contribution in [0.4, 0.5) is 5.95 Å². The van der Waals surface area contributed by atoms with Crippen molar-refractivity contribution in [3.05, 3.63) is 115 Å². The lowest BCUT2D eigenvalue weighted by Crippen LogP contribution is -2.35. The van der Waals surface area contributed by atoms with Gasteiger partial charge in [0.25, 0.3) is 0 Å². The van der Waals surface area contributed by atoms with Crippen molar-refractivity contribution >= 4 is 71.9 Å². The number of carbonyl (C=O) groups excluding carboxylic acids is 2. The van der Waals surface area contributed by atoms with Gasteiger partial charge in [-0.25, -0.2) is 4.90 Å². The summed E-state index contributed by atoms with van der Waals surface area (Å²) in [7, 11) is 0. The number of imide groups is 1. The van der Waals surface area contributed by atoms with Gasteiger partial charge in [0.05, 0.1) is 21.9 Å². The summed E-state index contributed by atoms with van der Waals surface area (Å²) in [4.78, 5) is 44.0. The molecule has 1 aliphatic rings. The fourth-order valence-corrected chi connectivity index (χ4v) is 7.24. The minimum Gasteiger partial charge on any atom is -0.278 e. The zero-order chi connectivity index (χ0) is 32.9. The molecule has 0 bridgehead atoms. The van der Waals surface area contributed by atoms with Crippen molar-refractivity contribution in [2.24, 2.45) is 10.8 Å². The number of para-hydroxylation sites is 2. The molecule has 0 radical (unpaired) electrons. The van der Waals surface area contributed by atoms with E-state index in [1.54, 1.807) is 0 Å². The molecule has 0 saturated carbocycles. The lowest BCUT2D eigenvalue weighted by molar-refractivity contribution is -0.129. The van der Waals surface area contributed by atoms with Crippen LogP contribution in [0.25, 0.3) is 71.5 Å². The highest BCUT2D eigenvalue weighted by molar-refractivity contribution is 6.26. The second kappa shape index (κ2) is 9.78. The number of hydrogen-bond acceptors (Lipinski definition) is 5. The highest BCUT2D eigenvalue weighted by Gasteiger charge is 2.60. The van der Waals surface area contributed by atoms with Crippen LogP contribution >= 0.6 is 0 Å². The highest BCUT2D eigenvalue weighted by Crippen LogP contribution is 2.48. The van der Waals surface area contributed by atoms with Crippen LogP contribution in [0.1, 0.15) is 27.7 Å². The molecule has 3 heterocycles. The maximum atomic E-state index is 14.0. The van der Waals surface area contributed by atoms with Gasteiger partial charge in [0.15, 0.2) is 5.82 Å². The Kier molecular flexibility index (Phi) is 5.76. The Morgan fingerprint density at radius 3 is 1.40 bits per heavy atom. The normalized spacial score (nSPS) is 15.9. The molecule has 48 heavy (non-hydrogen) atoms. The van der Waals surface area contributed by atoms with E-state index >= 15 is 0 Å². The van der Waals surface area contributed by atoms with E-state index in [1.165, 1.54) is 5.39 Å². The molecule has 0 N–H and O–H groups in total.